The summed E-state index contributed by atoms with van der Waals surface area (Å²) in [5.41, 5.74) is 2.38. The standard InChI is InChI=1S/C19H24BrN3O3S/c1-11(25-5)16-13(20)8-12(9-21-16)17-22-14-6-7-23(10-15(14)27-17)18(24)26-19(2,3)4/h8-9,11H,6-7,10H2,1-5H3/t11-/m0/s1. The Bertz CT molecular complexity index is 847. The first-order valence-electron chi connectivity index (χ1n) is 8.83. The summed E-state index contributed by atoms with van der Waals surface area (Å²) in [4.78, 5) is 24.5. The summed E-state index contributed by atoms with van der Waals surface area (Å²) in [6.45, 7) is 8.75. The van der Waals surface area contributed by atoms with Crippen LogP contribution in [0.5, 0.6) is 0 Å². The lowest BCUT2D eigenvalue weighted by Gasteiger charge is -2.29. The van der Waals surface area contributed by atoms with Crippen LogP contribution < -0.4 is 0 Å². The highest BCUT2D eigenvalue weighted by Gasteiger charge is 2.28. The molecule has 0 aromatic carbocycles. The molecular weight excluding hydrogens is 430 g/mol. The summed E-state index contributed by atoms with van der Waals surface area (Å²) in [7, 11) is 1.66. The maximum Gasteiger partial charge on any atom is 0.410 e. The molecule has 0 radical (unpaired) electrons. The normalized spacial score (nSPS) is 15.4. The fourth-order valence-corrected chi connectivity index (χ4v) is 4.55. The number of carbonyl (C=O) groups is 1. The van der Waals surface area contributed by atoms with Crippen LogP contribution in [0.15, 0.2) is 16.7 Å². The minimum Gasteiger partial charge on any atom is -0.444 e. The van der Waals surface area contributed by atoms with E-state index in [1.807, 2.05) is 40.0 Å². The van der Waals surface area contributed by atoms with Crippen LogP contribution in [0.3, 0.4) is 0 Å². The van der Waals surface area contributed by atoms with Gasteiger partial charge in [-0.1, -0.05) is 0 Å². The first kappa shape index (κ1) is 20.2. The van der Waals surface area contributed by atoms with Crippen molar-refractivity contribution in [3.8, 4) is 10.6 Å². The third kappa shape index (κ3) is 4.67. The van der Waals surface area contributed by atoms with E-state index in [0.29, 0.717) is 13.1 Å². The molecule has 0 saturated carbocycles. The van der Waals surface area contributed by atoms with Crippen LogP contribution >= 0.6 is 27.3 Å². The molecule has 0 fully saturated rings. The van der Waals surface area contributed by atoms with Crippen molar-refractivity contribution in [3.05, 3.63) is 33.0 Å². The Morgan fingerprint density at radius 1 is 1.41 bits per heavy atom. The minimum atomic E-state index is -0.491. The molecule has 2 aromatic rings. The molecule has 1 atom stereocenters. The molecule has 2 aromatic heterocycles. The van der Waals surface area contributed by atoms with E-state index < -0.39 is 5.60 Å². The number of fused-ring (bicyclic) bond motifs is 1. The van der Waals surface area contributed by atoms with Gasteiger partial charge in [0, 0.05) is 41.2 Å². The van der Waals surface area contributed by atoms with Crippen LogP contribution in [-0.2, 0) is 22.4 Å². The Morgan fingerprint density at radius 3 is 2.78 bits per heavy atom. The van der Waals surface area contributed by atoms with Gasteiger partial charge in [0.1, 0.15) is 10.6 Å². The number of hydrogen-bond acceptors (Lipinski definition) is 6. The third-order valence-electron chi connectivity index (χ3n) is 4.24. The molecule has 27 heavy (non-hydrogen) atoms. The Hall–Kier alpha value is -1.51. The van der Waals surface area contributed by atoms with Crippen molar-refractivity contribution in [1.29, 1.82) is 0 Å². The minimum absolute atomic E-state index is 0.0830. The van der Waals surface area contributed by atoms with Crippen molar-refractivity contribution in [2.45, 2.75) is 52.4 Å². The van der Waals surface area contributed by atoms with Gasteiger partial charge in [-0.25, -0.2) is 9.78 Å². The van der Waals surface area contributed by atoms with Gasteiger partial charge >= 0.3 is 6.09 Å². The molecule has 0 unspecified atom stereocenters. The predicted octanol–water partition coefficient (Wildman–Crippen LogP) is 4.97. The van der Waals surface area contributed by atoms with Crippen LogP contribution in [0, 0.1) is 0 Å². The Labute approximate surface area is 172 Å². The number of nitrogens with zero attached hydrogens (tertiary/aromatic N) is 3. The van der Waals surface area contributed by atoms with E-state index in [1.54, 1.807) is 23.3 Å². The molecule has 6 nitrogen and oxygen atoms in total. The van der Waals surface area contributed by atoms with Gasteiger partial charge in [-0.05, 0) is 49.7 Å². The van der Waals surface area contributed by atoms with Crippen molar-refractivity contribution < 1.29 is 14.3 Å². The molecular formula is C19H24BrN3O3S. The first-order valence-corrected chi connectivity index (χ1v) is 10.4. The summed E-state index contributed by atoms with van der Waals surface area (Å²) in [5, 5.41) is 0.913. The summed E-state index contributed by atoms with van der Waals surface area (Å²) in [6.07, 6.45) is 2.20. The second-order valence-electron chi connectivity index (χ2n) is 7.51. The van der Waals surface area contributed by atoms with Crippen molar-refractivity contribution in [2.75, 3.05) is 13.7 Å². The van der Waals surface area contributed by atoms with E-state index in [9.17, 15) is 4.79 Å². The number of thiazole rings is 1. The molecule has 0 aliphatic carbocycles. The second kappa shape index (κ2) is 7.85. The SMILES string of the molecule is CO[C@@H](C)c1ncc(-c2nc3c(s2)CN(C(=O)OC(C)(C)C)CC3)cc1Br. The third-order valence-corrected chi connectivity index (χ3v) is 6.00. The summed E-state index contributed by atoms with van der Waals surface area (Å²) >= 11 is 5.18. The predicted molar refractivity (Wildman–Crippen MR) is 109 cm³/mol. The molecule has 1 aliphatic heterocycles. The number of amides is 1. The molecule has 3 rings (SSSR count). The molecule has 0 saturated heterocycles. The average molecular weight is 454 g/mol. The number of ether oxygens (including phenoxy) is 2. The highest BCUT2D eigenvalue weighted by Crippen LogP contribution is 2.34. The maximum atomic E-state index is 12.3. The van der Waals surface area contributed by atoms with Crippen LogP contribution in [0.2, 0.25) is 0 Å². The number of pyridine rings is 1. The lowest BCUT2D eigenvalue weighted by Crippen LogP contribution is -2.39. The fourth-order valence-electron chi connectivity index (χ4n) is 2.78. The van der Waals surface area contributed by atoms with Crippen molar-refractivity contribution in [1.82, 2.24) is 14.9 Å². The number of rotatable bonds is 3. The molecule has 1 amide bonds. The summed E-state index contributed by atoms with van der Waals surface area (Å²) in [5.74, 6) is 0. The van der Waals surface area contributed by atoms with Gasteiger partial charge in [0.2, 0.25) is 0 Å². The molecule has 146 valence electrons. The van der Waals surface area contributed by atoms with Gasteiger partial charge < -0.3 is 14.4 Å². The van der Waals surface area contributed by atoms with E-state index in [0.717, 1.165) is 37.7 Å². The van der Waals surface area contributed by atoms with Gasteiger partial charge in [0.05, 0.1) is 24.0 Å². The van der Waals surface area contributed by atoms with Crippen LogP contribution in [-0.4, -0.2) is 40.2 Å². The lowest BCUT2D eigenvalue weighted by atomic mass is 10.2. The Morgan fingerprint density at radius 2 is 2.15 bits per heavy atom. The zero-order valence-electron chi connectivity index (χ0n) is 16.2. The number of halogens is 1. The van der Waals surface area contributed by atoms with Crippen LogP contribution in [0.4, 0.5) is 4.79 Å². The van der Waals surface area contributed by atoms with Crippen molar-refractivity contribution >= 4 is 33.4 Å². The van der Waals surface area contributed by atoms with E-state index >= 15 is 0 Å². The van der Waals surface area contributed by atoms with Gasteiger partial charge in [-0.15, -0.1) is 11.3 Å². The maximum absolute atomic E-state index is 12.3. The van der Waals surface area contributed by atoms with E-state index in [4.69, 9.17) is 14.5 Å². The lowest BCUT2D eigenvalue weighted by molar-refractivity contribution is 0.0225. The van der Waals surface area contributed by atoms with Crippen LogP contribution in [0.1, 0.15) is 50.1 Å². The molecule has 1 aliphatic rings. The van der Waals surface area contributed by atoms with Crippen molar-refractivity contribution in [2.24, 2.45) is 0 Å². The smallest absolute Gasteiger partial charge is 0.410 e. The zero-order valence-corrected chi connectivity index (χ0v) is 18.6. The first-order chi connectivity index (χ1) is 12.7. The largest absolute Gasteiger partial charge is 0.444 e. The second-order valence-corrected chi connectivity index (χ2v) is 9.45. The summed E-state index contributed by atoms with van der Waals surface area (Å²) < 4.78 is 11.7. The van der Waals surface area contributed by atoms with Gasteiger partial charge in [-0.3, -0.25) is 4.98 Å². The van der Waals surface area contributed by atoms with Gasteiger partial charge in [0.15, 0.2) is 0 Å². The highest BCUT2D eigenvalue weighted by atomic mass is 79.9. The average Bonchev–Trinajstić information content (AvgIpc) is 3.02. The Balaban J connectivity index is 1.79. The Kier molecular flexibility index (Phi) is 5.88. The quantitative estimate of drug-likeness (QED) is 0.656. The monoisotopic (exact) mass is 453 g/mol. The topological polar surface area (TPSA) is 64.6 Å². The van der Waals surface area contributed by atoms with E-state index in [-0.39, 0.29) is 12.2 Å². The number of hydrogen-bond donors (Lipinski definition) is 0. The van der Waals surface area contributed by atoms with Gasteiger partial charge in [0.25, 0.3) is 0 Å². The van der Waals surface area contributed by atoms with E-state index in [1.165, 1.54) is 0 Å². The molecule has 0 bridgehead atoms. The van der Waals surface area contributed by atoms with Gasteiger partial charge in [-0.2, -0.15) is 0 Å². The van der Waals surface area contributed by atoms with Crippen LogP contribution in [0.25, 0.3) is 10.6 Å². The van der Waals surface area contributed by atoms with E-state index in [2.05, 4.69) is 20.9 Å². The number of aromatic nitrogens is 2. The molecule has 3 heterocycles. The summed E-state index contributed by atoms with van der Waals surface area (Å²) in [6, 6.07) is 2.02. The van der Waals surface area contributed by atoms with Crippen molar-refractivity contribution in [3.63, 3.8) is 0 Å². The molecule has 0 spiro atoms. The zero-order chi connectivity index (χ0) is 19.8. The fraction of sp³-hybridized carbons (Fsp3) is 0.526. The number of carbonyl (C=O) groups excluding carboxylic acids is 1. The highest BCUT2D eigenvalue weighted by molar-refractivity contribution is 9.10. The molecule has 0 N–H and O–H groups in total. The number of methoxy groups -OCH3 is 1. The molecule has 8 heteroatoms.